The molecule has 0 aliphatic carbocycles. The number of anilines is 1. The number of halogens is 2. The van der Waals surface area contributed by atoms with Gasteiger partial charge in [0.25, 0.3) is 0 Å². The van der Waals surface area contributed by atoms with Crippen molar-refractivity contribution in [2.75, 3.05) is 18.6 Å². The second-order valence-corrected chi connectivity index (χ2v) is 5.16. The average molecular weight is 320 g/mol. The summed E-state index contributed by atoms with van der Waals surface area (Å²) in [4.78, 5) is 17.8. The Bertz CT molecular complexity index is 441. The Morgan fingerprint density at radius 2 is 2.47 bits per heavy atom. The molecule has 1 aliphatic heterocycles. The summed E-state index contributed by atoms with van der Waals surface area (Å²) in [5, 5.41) is 0.537. The van der Waals surface area contributed by atoms with Gasteiger partial charge in [-0.3, -0.25) is 0 Å². The van der Waals surface area contributed by atoms with Crippen molar-refractivity contribution < 1.29 is 9.53 Å². The minimum Gasteiger partial charge on any atom is -0.467 e. The first-order valence-electron chi connectivity index (χ1n) is 5.29. The molecule has 0 aromatic carbocycles. The van der Waals surface area contributed by atoms with Gasteiger partial charge >= 0.3 is 5.97 Å². The molecule has 0 spiro atoms. The second kappa shape index (κ2) is 5.23. The molecule has 92 valence electrons. The highest BCUT2D eigenvalue weighted by Crippen LogP contribution is 2.31. The van der Waals surface area contributed by atoms with Gasteiger partial charge in [0.1, 0.15) is 11.9 Å². The van der Waals surface area contributed by atoms with E-state index in [0.29, 0.717) is 10.8 Å². The van der Waals surface area contributed by atoms with Crippen LogP contribution >= 0.6 is 27.5 Å². The molecule has 0 amide bonds. The molecule has 0 N–H and O–H groups in total. The molecule has 0 radical (unpaired) electrons. The Morgan fingerprint density at radius 3 is 3.12 bits per heavy atom. The van der Waals surface area contributed by atoms with Gasteiger partial charge < -0.3 is 9.64 Å². The Morgan fingerprint density at radius 1 is 1.71 bits per heavy atom. The van der Waals surface area contributed by atoms with Crippen LogP contribution < -0.4 is 4.90 Å². The fourth-order valence-electron chi connectivity index (χ4n) is 2.02. The second-order valence-electron chi connectivity index (χ2n) is 3.83. The zero-order chi connectivity index (χ0) is 12.4. The van der Waals surface area contributed by atoms with Crippen molar-refractivity contribution in [3.05, 3.63) is 21.8 Å². The van der Waals surface area contributed by atoms with Gasteiger partial charge in [0, 0.05) is 17.2 Å². The molecule has 1 aliphatic rings. The van der Waals surface area contributed by atoms with Gasteiger partial charge in [-0.15, -0.1) is 0 Å². The van der Waals surface area contributed by atoms with Gasteiger partial charge in [0.05, 0.1) is 12.1 Å². The number of esters is 1. The zero-order valence-corrected chi connectivity index (χ0v) is 11.7. The average Bonchev–Trinajstić information content (AvgIpc) is 2.77. The molecule has 1 unspecified atom stereocenters. The van der Waals surface area contributed by atoms with Crippen molar-refractivity contribution in [3.8, 4) is 0 Å². The predicted octanol–water partition coefficient (Wildman–Crippen LogP) is 2.64. The van der Waals surface area contributed by atoms with E-state index in [4.69, 9.17) is 16.3 Å². The number of nitrogens with zero attached hydrogens (tertiary/aromatic N) is 2. The van der Waals surface area contributed by atoms with Crippen LogP contribution in [-0.2, 0) is 9.53 Å². The Labute approximate surface area is 113 Å². The molecule has 2 rings (SSSR count). The third kappa shape index (κ3) is 2.55. The molecule has 1 aromatic rings. The van der Waals surface area contributed by atoms with E-state index in [1.54, 1.807) is 12.3 Å². The molecule has 17 heavy (non-hydrogen) atoms. The van der Waals surface area contributed by atoms with Crippen molar-refractivity contribution in [2.45, 2.75) is 18.9 Å². The highest BCUT2D eigenvalue weighted by atomic mass is 79.9. The first-order valence-corrected chi connectivity index (χ1v) is 6.46. The molecule has 1 atom stereocenters. The minimum absolute atomic E-state index is 0.233. The number of rotatable bonds is 2. The van der Waals surface area contributed by atoms with Crippen molar-refractivity contribution in [1.82, 2.24) is 4.98 Å². The summed E-state index contributed by atoms with van der Waals surface area (Å²) in [5.41, 5.74) is 0. The lowest BCUT2D eigenvalue weighted by atomic mass is 10.2. The first kappa shape index (κ1) is 12.6. The lowest BCUT2D eigenvalue weighted by molar-refractivity contribution is -0.141. The van der Waals surface area contributed by atoms with Crippen molar-refractivity contribution >= 4 is 39.3 Å². The van der Waals surface area contributed by atoms with Crippen LogP contribution in [0.4, 0.5) is 5.82 Å². The molecule has 1 fully saturated rings. The smallest absolute Gasteiger partial charge is 0.328 e. The Kier molecular flexibility index (Phi) is 3.89. The molecule has 0 bridgehead atoms. The summed E-state index contributed by atoms with van der Waals surface area (Å²) in [5.74, 6) is 0.408. The van der Waals surface area contributed by atoms with Crippen LogP contribution in [0.25, 0.3) is 0 Å². The predicted molar refractivity (Wildman–Crippen MR) is 69.3 cm³/mol. The van der Waals surface area contributed by atoms with Crippen LogP contribution in [0.3, 0.4) is 0 Å². The van der Waals surface area contributed by atoms with Crippen LogP contribution in [-0.4, -0.2) is 30.6 Å². The summed E-state index contributed by atoms with van der Waals surface area (Å²) in [7, 11) is 1.40. The van der Waals surface area contributed by atoms with E-state index < -0.39 is 0 Å². The van der Waals surface area contributed by atoms with E-state index in [9.17, 15) is 4.79 Å². The van der Waals surface area contributed by atoms with Crippen LogP contribution in [0.2, 0.25) is 5.02 Å². The summed E-state index contributed by atoms with van der Waals surface area (Å²) >= 11 is 9.44. The zero-order valence-electron chi connectivity index (χ0n) is 9.32. The fourth-order valence-corrected chi connectivity index (χ4v) is 2.76. The number of carbonyl (C=O) groups excluding carboxylic acids is 1. The van der Waals surface area contributed by atoms with Crippen molar-refractivity contribution in [2.24, 2.45) is 0 Å². The monoisotopic (exact) mass is 318 g/mol. The quantitative estimate of drug-likeness (QED) is 0.786. The van der Waals surface area contributed by atoms with Crippen molar-refractivity contribution in [3.63, 3.8) is 0 Å². The maximum atomic E-state index is 11.6. The van der Waals surface area contributed by atoms with E-state index in [1.807, 2.05) is 4.90 Å². The van der Waals surface area contributed by atoms with Gasteiger partial charge in [-0.25, -0.2) is 9.78 Å². The lowest BCUT2D eigenvalue weighted by Gasteiger charge is -2.24. The Balaban J connectivity index is 2.29. The molecular formula is C11H12BrClN2O2. The standard InChI is InChI=1S/C11H12BrClN2O2/c1-17-11(16)9-3-2-4-15(9)10-8(13)5-7(12)6-14-10/h5-6,9H,2-4H2,1H3. The van der Waals surface area contributed by atoms with Gasteiger partial charge in [0.2, 0.25) is 0 Å². The third-order valence-corrected chi connectivity index (χ3v) is 3.50. The molecular weight excluding hydrogens is 307 g/mol. The van der Waals surface area contributed by atoms with Gasteiger partial charge in [-0.2, -0.15) is 0 Å². The molecule has 6 heteroatoms. The van der Waals surface area contributed by atoms with E-state index in [2.05, 4.69) is 20.9 Å². The van der Waals surface area contributed by atoms with Gasteiger partial charge in [0.15, 0.2) is 0 Å². The number of pyridine rings is 1. The maximum Gasteiger partial charge on any atom is 0.328 e. The maximum absolute atomic E-state index is 11.6. The number of carbonyl (C=O) groups is 1. The summed E-state index contributed by atoms with van der Waals surface area (Å²) in [6.07, 6.45) is 3.39. The number of methoxy groups -OCH3 is 1. The highest BCUT2D eigenvalue weighted by Gasteiger charge is 2.33. The van der Waals surface area contributed by atoms with Gasteiger partial charge in [-0.1, -0.05) is 11.6 Å². The Hall–Kier alpha value is -0.810. The number of hydrogen-bond donors (Lipinski definition) is 0. The van der Waals surface area contributed by atoms with E-state index in [1.165, 1.54) is 7.11 Å². The molecule has 4 nitrogen and oxygen atoms in total. The SMILES string of the molecule is COC(=O)C1CCCN1c1ncc(Br)cc1Cl. The van der Waals surface area contributed by atoms with Crippen LogP contribution in [0.1, 0.15) is 12.8 Å². The van der Waals surface area contributed by atoms with Crippen LogP contribution in [0.5, 0.6) is 0 Å². The number of hydrogen-bond acceptors (Lipinski definition) is 4. The minimum atomic E-state index is -0.272. The van der Waals surface area contributed by atoms with E-state index in [0.717, 1.165) is 23.9 Å². The van der Waals surface area contributed by atoms with E-state index in [-0.39, 0.29) is 12.0 Å². The van der Waals surface area contributed by atoms with Crippen LogP contribution in [0, 0.1) is 0 Å². The summed E-state index contributed by atoms with van der Waals surface area (Å²) < 4.78 is 5.61. The number of ether oxygens (including phenoxy) is 1. The first-order chi connectivity index (χ1) is 8.13. The topological polar surface area (TPSA) is 42.4 Å². The normalized spacial score (nSPS) is 19.5. The largest absolute Gasteiger partial charge is 0.467 e. The number of aromatic nitrogens is 1. The third-order valence-electron chi connectivity index (χ3n) is 2.79. The fraction of sp³-hybridized carbons (Fsp3) is 0.455. The molecule has 0 saturated carbocycles. The lowest BCUT2D eigenvalue weighted by Crippen LogP contribution is -2.37. The molecule has 1 aromatic heterocycles. The highest BCUT2D eigenvalue weighted by molar-refractivity contribution is 9.10. The molecule has 1 saturated heterocycles. The van der Waals surface area contributed by atoms with E-state index >= 15 is 0 Å². The summed E-state index contributed by atoms with van der Waals surface area (Å²) in [6.45, 7) is 0.772. The molecule has 2 heterocycles. The van der Waals surface area contributed by atoms with Crippen LogP contribution in [0.15, 0.2) is 16.7 Å². The summed E-state index contributed by atoms with van der Waals surface area (Å²) in [6, 6.07) is 1.50. The van der Waals surface area contributed by atoms with Crippen molar-refractivity contribution in [1.29, 1.82) is 0 Å². The van der Waals surface area contributed by atoms with Gasteiger partial charge in [-0.05, 0) is 34.8 Å².